The SMILES string of the molecule is COc1ccc(CCCc2nnc(SCC(=O)Nc3cc(C(=O)OC(C)C)ccc3Cl)n2C)cc1C. The Labute approximate surface area is 220 Å². The Balaban J connectivity index is 1.52. The summed E-state index contributed by atoms with van der Waals surface area (Å²) in [5, 5.41) is 12.3. The van der Waals surface area contributed by atoms with Gasteiger partial charge in [0.25, 0.3) is 0 Å². The van der Waals surface area contributed by atoms with Crippen LogP contribution in [0.1, 0.15) is 47.6 Å². The van der Waals surface area contributed by atoms with Gasteiger partial charge in [-0.15, -0.1) is 10.2 Å². The molecule has 0 bridgehead atoms. The van der Waals surface area contributed by atoms with Gasteiger partial charge in [-0.05, 0) is 69.0 Å². The Morgan fingerprint density at radius 2 is 1.92 bits per heavy atom. The van der Waals surface area contributed by atoms with E-state index in [0.717, 1.165) is 36.4 Å². The number of esters is 1. The maximum atomic E-state index is 12.5. The van der Waals surface area contributed by atoms with Crippen LogP contribution in [-0.2, 0) is 29.4 Å². The molecule has 2 aromatic carbocycles. The Bertz CT molecular complexity index is 1230. The topological polar surface area (TPSA) is 95.3 Å². The molecule has 0 spiro atoms. The zero-order chi connectivity index (χ0) is 26.2. The van der Waals surface area contributed by atoms with Crippen molar-refractivity contribution in [2.24, 2.45) is 7.05 Å². The highest BCUT2D eigenvalue weighted by Crippen LogP contribution is 2.25. The van der Waals surface area contributed by atoms with Crippen LogP contribution in [-0.4, -0.2) is 45.6 Å². The van der Waals surface area contributed by atoms with Crippen molar-refractivity contribution in [1.82, 2.24) is 14.8 Å². The van der Waals surface area contributed by atoms with Crippen LogP contribution in [0.2, 0.25) is 5.02 Å². The second-order valence-electron chi connectivity index (χ2n) is 8.60. The van der Waals surface area contributed by atoms with Crippen molar-refractivity contribution in [3.05, 3.63) is 63.9 Å². The number of ether oxygens (including phenoxy) is 2. The maximum Gasteiger partial charge on any atom is 0.338 e. The van der Waals surface area contributed by atoms with Crippen LogP contribution in [0, 0.1) is 6.92 Å². The lowest BCUT2D eigenvalue weighted by molar-refractivity contribution is -0.113. The summed E-state index contributed by atoms with van der Waals surface area (Å²) in [6.07, 6.45) is 2.38. The van der Waals surface area contributed by atoms with Crippen molar-refractivity contribution in [2.75, 3.05) is 18.2 Å². The molecule has 3 rings (SSSR count). The molecular formula is C26H31ClN4O4S. The standard InChI is InChI=1S/C26H31ClN4O4S/c1-16(2)35-25(33)19-10-11-20(27)21(14-19)28-24(32)15-36-26-30-29-23(31(26)4)8-6-7-18-9-12-22(34-5)17(3)13-18/h9-14,16H,6-8,15H2,1-5H3,(H,28,32). The molecule has 8 nitrogen and oxygen atoms in total. The molecule has 0 aliphatic heterocycles. The van der Waals surface area contributed by atoms with Gasteiger partial charge in [0.15, 0.2) is 5.16 Å². The monoisotopic (exact) mass is 530 g/mol. The molecule has 36 heavy (non-hydrogen) atoms. The molecule has 0 atom stereocenters. The van der Waals surface area contributed by atoms with Crippen LogP contribution in [0.3, 0.4) is 0 Å². The summed E-state index contributed by atoms with van der Waals surface area (Å²) in [6, 6.07) is 10.9. The van der Waals surface area contributed by atoms with E-state index in [0.29, 0.717) is 21.4 Å². The molecule has 0 fully saturated rings. The summed E-state index contributed by atoms with van der Waals surface area (Å²) in [5.41, 5.74) is 3.04. The molecule has 192 valence electrons. The predicted molar refractivity (Wildman–Crippen MR) is 142 cm³/mol. The smallest absolute Gasteiger partial charge is 0.338 e. The van der Waals surface area contributed by atoms with Gasteiger partial charge in [0.1, 0.15) is 11.6 Å². The van der Waals surface area contributed by atoms with Crippen molar-refractivity contribution in [1.29, 1.82) is 0 Å². The van der Waals surface area contributed by atoms with Crippen molar-refractivity contribution in [3.63, 3.8) is 0 Å². The van der Waals surface area contributed by atoms with E-state index in [9.17, 15) is 9.59 Å². The summed E-state index contributed by atoms with van der Waals surface area (Å²) in [4.78, 5) is 24.7. The number of thioether (sulfide) groups is 1. The number of aromatic nitrogens is 3. The van der Waals surface area contributed by atoms with E-state index in [1.54, 1.807) is 33.1 Å². The Morgan fingerprint density at radius 1 is 1.14 bits per heavy atom. The first kappa shape index (κ1) is 27.5. The first-order chi connectivity index (χ1) is 17.2. The number of carbonyl (C=O) groups excluding carboxylic acids is 2. The fourth-order valence-electron chi connectivity index (χ4n) is 3.58. The van der Waals surface area contributed by atoms with E-state index < -0.39 is 5.97 Å². The Kier molecular flexibility index (Phi) is 9.78. The summed E-state index contributed by atoms with van der Waals surface area (Å²) in [7, 11) is 3.57. The van der Waals surface area contributed by atoms with E-state index in [4.69, 9.17) is 21.1 Å². The molecule has 1 aromatic heterocycles. The van der Waals surface area contributed by atoms with Crippen LogP contribution < -0.4 is 10.1 Å². The van der Waals surface area contributed by atoms with Gasteiger partial charge in [-0.3, -0.25) is 4.79 Å². The van der Waals surface area contributed by atoms with Gasteiger partial charge >= 0.3 is 5.97 Å². The minimum Gasteiger partial charge on any atom is -0.496 e. The molecule has 0 aliphatic rings. The molecule has 10 heteroatoms. The number of carbonyl (C=O) groups is 2. The van der Waals surface area contributed by atoms with E-state index in [2.05, 4.69) is 27.6 Å². The minimum absolute atomic E-state index is 0.119. The lowest BCUT2D eigenvalue weighted by Crippen LogP contribution is -2.16. The fraction of sp³-hybridized carbons (Fsp3) is 0.385. The molecule has 1 N–H and O–H groups in total. The quantitative estimate of drug-likeness (QED) is 0.267. The number of nitrogens with one attached hydrogen (secondary N) is 1. The third-order valence-corrected chi connectivity index (χ3v) is 6.75. The van der Waals surface area contributed by atoms with Crippen LogP contribution in [0.15, 0.2) is 41.6 Å². The summed E-state index contributed by atoms with van der Waals surface area (Å²) < 4.78 is 12.4. The molecule has 0 saturated carbocycles. The number of anilines is 1. The van der Waals surface area contributed by atoms with Gasteiger partial charge in [-0.25, -0.2) is 4.79 Å². The lowest BCUT2D eigenvalue weighted by Gasteiger charge is -2.11. The molecule has 0 radical (unpaired) electrons. The first-order valence-corrected chi connectivity index (χ1v) is 13.0. The fourth-order valence-corrected chi connectivity index (χ4v) is 4.48. The van der Waals surface area contributed by atoms with Gasteiger partial charge in [0.2, 0.25) is 5.91 Å². The summed E-state index contributed by atoms with van der Waals surface area (Å²) >= 11 is 7.49. The molecule has 0 saturated heterocycles. The zero-order valence-electron chi connectivity index (χ0n) is 21.1. The van der Waals surface area contributed by atoms with Gasteiger partial charge in [0, 0.05) is 13.5 Å². The van der Waals surface area contributed by atoms with Crippen LogP contribution in [0.25, 0.3) is 0 Å². The number of benzene rings is 2. The largest absolute Gasteiger partial charge is 0.496 e. The van der Waals surface area contributed by atoms with Gasteiger partial charge in [-0.2, -0.15) is 0 Å². The molecule has 0 aliphatic carbocycles. The summed E-state index contributed by atoms with van der Waals surface area (Å²) in [6.45, 7) is 5.58. The highest BCUT2D eigenvalue weighted by Gasteiger charge is 2.15. The van der Waals surface area contributed by atoms with E-state index in [1.165, 1.54) is 23.4 Å². The number of hydrogen-bond acceptors (Lipinski definition) is 7. The van der Waals surface area contributed by atoms with Crippen molar-refractivity contribution >= 4 is 40.9 Å². The maximum absolute atomic E-state index is 12.5. The van der Waals surface area contributed by atoms with Gasteiger partial charge < -0.3 is 19.4 Å². The van der Waals surface area contributed by atoms with E-state index >= 15 is 0 Å². The number of rotatable bonds is 11. The molecule has 3 aromatic rings. The van der Waals surface area contributed by atoms with Gasteiger partial charge in [-0.1, -0.05) is 35.5 Å². The van der Waals surface area contributed by atoms with Crippen molar-refractivity contribution in [2.45, 2.75) is 51.3 Å². The molecular weight excluding hydrogens is 500 g/mol. The third-order valence-electron chi connectivity index (χ3n) is 5.40. The number of aryl methyl sites for hydroxylation is 3. The number of amides is 1. The lowest BCUT2D eigenvalue weighted by atomic mass is 10.0. The first-order valence-electron chi connectivity index (χ1n) is 11.6. The molecule has 0 unspecified atom stereocenters. The molecule has 1 amide bonds. The van der Waals surface area contributed by atoms with Crippen LogP contribution in [0.4, 0.5) is 5.69 Å². The number of methoxy groups -OCH3 is 1. The molecule has 1 heterocycles. The number of nitrogens with zero attached hydrogens (tertiary/aromatic N) is 3. The highest BCUT2D eigenvalue weighted by molar-refractivity contribution is 7.99. The van der Waals surface area contributed by atoms with E-state index in [-0.39, 0.29) is 17.8 Å². The predicted octanol–water partition coefficient (Wildman–Crippen LogP) is 5.26. The van der Waals surface area contributed by atoms with Crippen molar-refractivity contribution in [3.8, 4) is 5.75 Å². The Morgan fingerprint density at radius 3 is 2.61 bits per heavy atom. The third kappa shape index (κ3) is 7.48. The normalized spacial score (nSPS) is 11.0. The van der Waals surface area contributed by atoms with Crippen molar-refractivity contribution < 1.29 is 19.1 Å². The second-order valence-corrected chi connectivity index (χ2v) is 9.95. The average Bonchev–Trinajstić information content (AvgIpc) is 3.18. The number of hydrogen-bond donors (Lipinski definition) is 1. The Hall–Kier alpha value is -3.04. The second kappa shape index (κ2) is 12.8. The number of halogens is 1. The van der Waals surface area contributed by atoms with Crippen LogP contribution >= 0.6 is 23.4 Å². The van der Waals surface area contributed by atoms with Gasteiger partial charge in [0.05, 0.1) is 35.2 Å². The van der Waals surface area contributed by atoms with Crippen LogP contribution in [0.5, 0.6) is 5.75 Å². The van der Waals surface area contributed by atoms with E-state index in [1.807, 2.05) is 24.6 Å². The average molecular weight is 531 g/mol. The highest BCUT2D eigenvalue weighted by atomic mass is 35.5. The minimum atomic E-state index is -0.472. The zero-order valence-corrected chi connectivity index (χ0v) is 22.7. The summed E-state index contributed by atoms with van der Waals surface area (Å²) in [5.74, 6) is 1.13.